The van der Waals surface area contributed by atoms with Crippen LogP contribution in [-0.4, -0.2) is 30.4 Å². The van der Waals surface area contributed by atoms with Crippen molar-refractivity contribution in [3.8, 4) is 0 Å². The number of carbonyl (C=O) groups excluding carboxylic acids is 1. The van der Waals surface area contributed by atoms with Gasteiger partial charge < -0.3 is 15.4 Å². The molecule has 1 unspecified atom stereocenters. The van der Waals surface area contributed by atoms with E-state index in [1.54, 1.807) is 24.9 Å². The predicted molar refractivity (Wildman–Crippen MR) is 78.0 cm³/mol. The van der Waals surface area contributed by atoms with Crippen LogP contribution < -0.4 is 5.32 Å². The van der Waals surface area contributed by atoms with E-state index < -0.39 is 11.0 Å². The fourth-order valence-corrected chi connectivity index (χ4v) is 2.22. The van der Waals surface area contributed by atoms with Gasteiger partial charge in [0.2, 0.25) is 5.91 Å². The molecule has 0 saturated heterocycles. The second kappa shape index (κ2) is 6.37. The summed E-state index contributed by atoms with van der Waals surface area (Å²) in [7, 11) is 1.79. The molecule has 0 saturated carbocycles. The number of aromatic nitrogens is 4. The van der Waals surface area contributed by atoms with Crippen LogP contribution in [0.1, 0.15) is 30.8 Å². The summed E-state index contributed by atoms with van der Waals surface area (Å²) in [5.74, 6) is -0.486. The van der Waals surface area contributed by atoms with E-state index in [9.17, 15) is 14.9 Å². The largest absolute Gasteiger partial charge is 0.390 e. The number of rotatable bonds is 6. The standard InChI is InChI=1S/C13H18N6O3/c1-4-11(18-9(2)7-12(16-18)19(21)22)13(20)14-8-10-5-6-15-17(10)3/h5-7,11H,4,8H2,1-3H3,(H,14,20). The minimum atomic E-state index is -0.582. The average molecular weight is 306 g/mol. The molecule has 118 valence electrons. The number of aryl methyl sites for hydroxylation is 2. The fourth-order valence-electron chi connectivity index (χ4n) is 2.22. The molecular formula is C13H18N6O3. The molecule has 0 radical (unpaired) electrons. The van der Waals surface area contributed by atoms with Crippen LogP contribution in [0.3, 0.4) is 0 Å². The molecule has 0 bridgehead atoms. The van der Waals surface area contributed by atoms with Crippen LogP contribution in [-0.2, 0) is 18.4 Å². The molecule has 2 rings (SSSR count). The van der Waals surface area contributed by atoms with Crippen LogP contribution in [0.5, 0.6) is 0 Å². The van der Waals surface area contributed by atoms with Gasteiger partial charge in [-0.15, -0.1) is 0 Å². The lowest BCUT2D eigenvalue weighted by Crippen LogP contribution is -2.33. The third kappa shape index (κ3) is 3.13. The number of hydrogen-bond acceptors (Lipinski definition) is 5. The minimum absolute atomic E-state index is 0.232. The summed E-state index contributed by atoms with van der Waals surface area (Å²) in [6, 6.07) is 2.59. The molecule has 2 aromatic heterocycles. The molecule has 0 aliphatic rings. The summed E-state index contributed by atoms with van der Waals surface area (Å²) in [5.41, 5.74) is 1.45. The zero-order valence-corrected chi connectivity index (χ0v) is 12.7. The average Bonchev–Trinajstić information content (AvgIpc) is 3.04. The number of nitro groups is 1. The third-order valence-corrected chi connectivity index (χ3v) is 3.45. The number of hydrogen-bond donors (Lipinski definition) is 1. The highest BCUT2D eigenvalue weighted by atomic mass is 16.6. The lowest BCUT2D eigenvalue weighted by molar-refractivity contribution is -0.389. The second-order valence-electron chi connectivity index (χ2n) is 4.93. The number of nitrogens with one attached hydrogen (secondary N) is 1. The van der Waals surface area contributed by atoms with Crippen molar-refractivity contribution in [1.82, 2.24) is 24.9 Å². The highest BCUT2D eigenvalue weighted by Crippen LogP contribution is 2.18. The smallest absolute Gasteiger partial charge is 0.358 e. The van der Waals surface area contributed by atoms with Gasteiger partial charge in [0.25, 0.3) is 0 Å². The van der Waals surface area contributed by atoms with E-state index in [0.717, 1.165) is 5.69 Å². The Labute approximate surface area is 127 Å². The second-order valence-corrected chi connectivity index (χ2v) is 4.93. The molecule has 1 amide bonds. The Morgan fingerprint density at radius 2 is 2.27 bits per heavy atom. The number of nitrogens with zero attached hydrogens (tertiary/aromatic N) is 5. The first kappa shape index (κ1) is 15.7. The van der Waals surface area contributed by atoms with E-state index >= 15 is 0 Å². The Bertz CT molecular complexity index is 690. The highest BCUT2D eigenvalue weighted by molar-refractivity contribution is 5.80. The van der Waals surface area contributed by atoms with Gasteiger partial charge in [0.15, 0.2) is 6.04 Å². The molecule has 1 atom stereocenters. The summed E-state index contributed by atoms with van der Waals surface area (Å²) < 4.78 is 3.07. The molecule has 0 fully saturated rings. The van der Waals surface area contributed by atoms with E-state index in [0.29, 0.717) is 18.7 Å². The molecule has 0 aliphatic heterocycles. The van der Waals surface area contributed by atoms with Gasteiger partial charge >= 0.3 is 5.82 Å². The molecule has 0 spiro atoms. The van der Waals surface area contributed by atoms with Gasteiger partial charge in [0, 0.05) is 13.2 Å². The van der Waals surface area contributed by atoms with Gasteiger partial charge in [-0.3, -0.25) is 9.48 Å². The van der Waals surface area contributed by atoms with Crippen molar-refractivity contribution < 1.29 is 9.72 Å². The molecule has 0 aromatic carbocycles. The molecule has 9 heteroatoms. The minimum Gasteiger partial charge on any atom is -0.358 e. The number of amides is 1. The van der Waals surface area contributed by atoms with Crippen LogP contribution in [0.4, 0.5) is 5.82 Å². The Morgan fingerprint density at radius 1 is 1.55 bits per heavy atom. The first-order chi connectivity index (χ1) is 10.4. The van der Waals surface area contributed by atoms with E-state index in [4.69, 9.17) is 0 Å². The van der Waals surface area contributed by atoms with Crippen LogP contribution >= 0.6 is 0 Å². The Hall–Kier alpha value is -2.71. The van der Waals surface area contributed by atoms with Gasteiger partial charge in [-0.25, -0.2) is 0 Å². The summed E-state index contributed by atoms with van der Waals surface area (Å²) in [6.07, 6.45) is 2.14. The lowest BCUT2D eigenvalue weighted by atomic mass is 10.2. The molecule has 2 aromatic rings. The summed E-state index contributed by atoms with van der Waals surface area (Å²) >= 11 is 0. The summed E-state index contributed by atoms with van der Waals surface area (Å²) in [5, 5.41) is 21.5. The maximum atomic E-state index is 12.3. The van der Waals surface area contributed by atoms with E-state index in [1.165, 1.54) is 10.7 Å². The van der Waals surface area contributed by atoms with Crippen molar-refractivity contribution in [3.05, 3.63) is 39.8 Å². The molecule has 0 aliphatic carbocycles. The normalized spacial score (nSPS) is 12.1. The molecule has 9 nitrogen and oxygen atoms in total. The zero-order chi connectivity index (χ0) is 16.3. The van der Waals surface area contributed by atoms with Crippen molar-refractivity contribution in [3.63, 3.8) is 0 Å². The number of carbonyl (C=O) groups is 1. The lowest BCUT2D eigenvalue weighted by Gasteiger charge is -2.14. The van der Waals surface area contributed by atoms with Gasteiger partial charge in [0.05, 0.1) is 29.1 Å². The Balaban J connectivity index is 2.12. The summed E-state index contributed by atoms with van der Waals surface area (Å²) in [4.78, 5) is 22.6. The van der Waals surface area contributed by atoms with Crippen LogP contribution in [0, 0.1) is 17.0 Å². The van der Waals surface area contributed by atoms with Crippen LogP contribution in [0.25, 0.3) is 0 Å². The first-order valence-electron chi connectivity index (χ1n) is 6.89. The topological polar surface area (TPSA) is 108 Å². The Morgan fingerprint density at radius 3 is 2.77 bits per heavy atom. The van der Waals surface area contributed by atoms with Crippen molar-refractivity contribution in [2.45, 2.75) is 32.9 Å². The van der Waals surface area contributed by atoms with Crippen molar-refractivity contribution >= 4 is 11.7 Å². The van der Waals surface area contributed by atoms with Crippen molar-refractivity contribution in [2.75, 3.05) is 0 Å². The molecule has 2 heterocycles. The van der Waals surface area contributed by atoms with Gasteiger partial charge in [0.1, 0.15) is 0 Å². The molecular weight excluding hydrogens is 288 g/mol. The maximum Gasteiger partial charge on any atom is 0.390 e. The molecule has 1 N–H and O–H groups in total. The highest BCUT2D eigenvalue weighted by Gasteiger charge is 2.26. The van der Waals surface area contributed by atoms with Crippen molar-refractivity contribution in [2.24, 2.45) is 7.05 Å². The van der Waals surface area contributed by atoms with Crippen LogP contribution in [0.15, 0.2) is 18.3 Å². The monoisotopic (exact) mass is 306 g/mol. The first-order valence-corrected chi connectivity index (χ1v) is 6.89. The molecule has 22 heavy (non-hydrogen) atoms. The van der Waals surface area contributed by atoms with E-state index in [2.05, 4.69) is 15.5 Å². The Kier molecular flexibility index (Phi) is 4.54. The third-order valence-electron chi connectivity index (χ3n) is 3.45. The predicted octanol–water partition coefficient (Wildman–Crippen LogP) is 1.10. The fraction of sp³-hybridized carbons (Fsp3) is 0.462. The zero-order valence-electron chi connectivity index (χ0n) is 12.7. The summed E-state index contributed by atoms with van der Waals surface area (Å²) in [6.45, 7) is 3.87. The van der Waals surface area contributed by atoms with Crippen molar-refractivity contribution in [1.29, 1.82) is 0 Å². The maximum absolute atomic E-state index is 12.3. The van der Waals surface area contributed by atoms with Crippen LogP contribution in [0.2, 0.25) is 0 Å². The van der Waals surface area contributed by atoms with E-state index in [-0.39, 0.29) is 11.7 Å². The van der Waals surface area contributed by atoms with Gasteiger partial charge in [-0.2, -0.15) is 9.78 Å². The quantitative estimate of drug-likeness (QED) is 0.635. The van der Waals surface area contributed by atoms with E-state index in [1.807, 2.05) is 13.0 Å². The van der Waals surface area contributed by atoms with Gasteiger partial charge in [-0.05, 0) is 24.3 Å². The SMILES string of the molecule is CCC(C(=O)NCc1ccnn1C)n1nc([N+](=O)[O-])cc1C. The van der Waals surface area contributed by atoms with Gasteiger partial charge in [-0.1, -0.05) is 6.92 Å².